The zero-order valence-corrected chi connectivity index (χ0v) is 17.5. The Kier molecular flexibility index (Phi) is 4.62. The minimum atomic E-state index is -1.75. The highest BCUT2D eigenvalue weighted by Crippen LogP contribution is 2.39. The van der Waals surface area contributed by atoms with Crippen LogP contribution in [0.2, 0.25) is 18.1 Å². The predicted octanol–water partition coefficient (Wildman–Crippen LogP) is 4.15. The fourth-order valence-corrected chi connectivity index (χ4v) is 4.70. The quantitative estimate of drug-likeness (QED) is 0.660. The van der Waals surface area contributed by atoms with Gasteiger partial charge in [-0.15, -0.1) is 0 Å². The number of aromatic nitrogens is 2. The van der Waals surface area contributed by atoms with Crippen molar-refractivity contribution >= 4 is 30.6 Å². The number of piperidine rings is 1. The maximum absolute atomic E-state index is 6.67. The number of aryl methyl sites for hydroxylation is 1. The Morgan fingerprint density at radius 2 is 2.00 bits per heavy atom. The average Bonchev–Trinajstić information content (AvgIpc) is 2.84. The second-order valence-electron chi connectivity index (χ2n) is 8.86. The van der Waals surface area contributed by atoms with Gasteiger partial charge >= 0.3 is 0 Å². The number of rotatable bonds is 3. The van der Waals surface area contributed by atoms with Crippen LogP contribution in [0.15, 0.2) is 18.3 Å². The maximum atomic E-state index is 6.67. The first kappa shape index (κ1) is 18.3. The highest BCUT2D eigenvalue weighted by atomic mass is 28.4. The van der Waals surface area contributed by atoms with Gasteiger partial charge in [-0.25, -0.2) is 0 Å². The normalized spacial score (nSPS) is 19.6. The molecule has 3 rings (SSSR count). The molecule has 0 bridgehead atoms. The number of nitrogens with zero attached hydrogens (tertiary/aromatic N) is 3. The van der Waals surface area contributed by atoms with E-state index in [-0.39, 0.29) is 5.04 Å². The Morgan fingerprint density at radius 1 is 1.28 bits per heavy atom. The van der Waals surface area contributed by atoms with E-state index in [9.17, 15) is 0 Å². The molecule has 25 heavy (non-hydrogen) atoms. The molecule has 1 atom stereocenters. The molecule has 1 aromatic carbocycles. The van der Waals surface area contributed by atoms with Gasteiger partial charge in [0.2, 0.25) is 0 Å². The van der Waals surface area contributed by atoms with Gasteiger partial charge in [0.25, 0.3) is 0 Å². The lowest BCUT2D eigenvalue weighted by Gasteiger charge is -2.43. The molecule has 2 aromatic rings. The third-order valence-electron chi connectivity index (χ3n) is 5.75. The summed E-state index contributed by atoms with van der Waals surface area (Å²) >= 11 is 0. The van der Waals surface area contributed by atoms with E-state index >= 15 is 0 Å². The van der Waals surface area contributed by atoms with E-state index in [1.807, 2.05) is 24.0 Å². The van der Waals surface area contributed by atoms with Gasteiger partial charge in [0.05, 0.1) is 23.0 Å². The molecular weight excluding hydrogens is 328 g/mol. The predicted molar refractivity (Wildman–Crippen MR) is 109 cm³/mol. The van der Waals surface area contributed by atoms with Crippen molar-refractivity contribution in [3.05, 3.63) is 18.3 Å². The highest BCUT2D eigenvalue weighted by molar-refractivity contribution is 6.74. The zero-order valence-electron chi connectivity index (χ0n) is 16.5. The van der Waals surface area contributed by atoms with E-state index < -0.39 is 8.32 Å². The first-order valence-electron chi connectivity index (χ1n) is 9.22. The average molecular weight is 361 g/mol. The molecule has 0 radical (unpaired) electrons. The highest BCUT2D eigenvalue weighted by Gasteiger charge is 2.40. The molecule has 1 unspecified atom stereocenters. The number of nitrogen functional groups attached to an aromatic ring is 1. The first-order chi connectivity index (χ1) is 11.6. The molecule has 0 saturated carbocycles. The molecule has 1 aliphatic heterocycles. The van der Waals surface area contributed by atoms with Gasteiger partial charge in [0.15, 0.2) is 8.32 Å². The van der Waals surface area contributed by atoms with Gasteiger partial charge in [-0.3, -0.25) is 4.68 Å². The molecule has 0 aliphatic carbocycles. The number of hydrogen-bond donors (Lipinski definition) is 1. The molecule has 2 N–H and O–H groups in total. The fourth-order valence-electron chi connectivity index (χ4n) is 3.32. The SMILES string of the molecule is Cn1cc2cc(N3CCCC(O[Si](C)(C)C(C)(C)C)C3)c(N)cc2n1. The van der Waals surface area contributed by atoms with Crippen LogP contribution in [0.3, 0.4) is 0 Å². The van der Waals surface area contributed by atoms with E-state index in [2.05, 4.69) is 49.9 Å². The van der Waals surface area contributed by atoms with Crippen LogP contribution in [0.5, 0.6) is 0 Å². The molecule has 138 valence electrons. The van der Waals surface area contributed by atoms with Crippen molar-refractivity contribution in [1.82, 2.24) is 9.78 Å². The standard InChI is InChI=1S/C19H32N4OSi/c1-19(2,3)25(5,6)24-15-8-7-9-23(13-15)18-10-14-12-22(4)21-17(14)11-16(18)20/h10-12,15H,7-9,13,20H2,1-6H3. The summed E-state index contributed by atoms with van der Waals surface area (Å²) < 4.78 is 8.51. The minimum absolute atomic E-state index is 0.239. The lowest BCUT2D eigenvalue weighted by molar-refractivity contribution is 0.160. The third-order valence-corrected chi connectivity index (χ3v) is 10.3. The Balaban J connectivity index is 1.81. The van der Waals surface area contributed by atoms with Gasteiger partial charge in [-0.1, -0.05) is 20.8 Å². The molecule has 1 saturated heterocycles. The van der Waals surface area contributed by atoms with Crippen molar-refractivity contribution in [3.8, 4) is 0 Å². The summed E-state index contributed by atoms with van der Waals surface area (Å²) in [4.78, 5) is 2.39. The smallest absolute Gasteiger partial charge is 0.192 e. The summed E-state index contributed by atoms with van der Waals surface area (Å²) in [7, 11) is 0.196. The summed E-state index contributed by atoms with van der Waals surface area (Å²) in [5.74, 6) is 0. The minimum Gasteiger partial charge on any atom is -0.412 e. The molecule has 1 aromatic heterocycles. The second-order valence-corrected chi connectivity index (χ2v) is 13.6. The number of anilines is 2. The van der Waals surface area contributed by atoms with Crippen LogP contribution in [0.1, 0.15) is 33.6 Å². The van der Waals surface area contributed by atoms with Gasteiger partial charge < -0.3 is 15.1 Å². The molecule has 0 amide bonds. The first-order valence-corrected chi connectivity index (χ1v) is 12.1. The van der Waals surface area contributed by atoms with E-state index in [1.165, 1.54) is 0 Å². The van der Waals surface area contributed by atoms with Crippen LogP contribution in [-0.4, -0.2) is 37.3 Å². The Morgan fingerprint density at radius 3 is 2.68 bits per heavy atom. The van der Waals surface area contributed by atoms with Crippen molar-refractivity contribution in [2.75, 3.05) is 23.7 Å². The van der Waals surface area contributed by atoms with Crippen LogP contribution >= 0.6 is 0 Å². The van der Waals surface area contributed by atoms with Crippen molar-refractivity contribution in [2.24, 2.45) is 7.05 Å². The summed E-state index contributed by atoms with van der Waals surface area (Å²) in [5.41, 5.74) is 9.22. The zero-order chi connectivity index (χ0) is 18.4. The molecule has 1 aliphatic rings. The molecular formula is C19H32N4OSi. The van der Waals surface area contributed by atoms with Gasteiger partial charge in [-0.2, -0.15) is 5.10 Å². The number of hydrogen-bond acceptors (Lipinski definition) is 4. The third kappa shape index (κ3) is 3.70. The monoisotopic (exact) mass is 360 g/mol. The van der Waals surface area contributed by atoms with Gasteiger partial charge in [0, 0.05) is 31.7 Å². The number of nitrogens with two attached hydrogens (primary N) is 1. The van der Waals surface area contributed by atoms with Crippen molar-refractivity contribution in [3.63, 3.8) is 0 Å². The summed E-state index contributed by atoms with van der Waals surface area (Å²) in [6.07, 6.45) is 4.62. The summed E-state index contributed by atoms with van der Waals surface area (Å²) in [5, 5.41) is 5.83. The summed E-state index contributed by atoms with van der Waals surface area (Å²) in [6, 6.07) is 4.16. The Hall–Kier alpha value is -1.53. The fraction of sp³-hybridized carbons (Fsp3) is 0.632. The van der Waals surface area contributed by atoms with E-state index in [0.717, 1.165) is 48.2 Å². The lowest BCUT2D eigenvalue weighted by Crippen LogP contribution is -2.49. The largest absolute Gasteiger partial charge is 0.412 e. The van der Waals surface area contributed by atoms with Gasteiger partial charge in [-0.05, 0) is 43.1 Å². The molecule has 2 heterocycles. The van der Waals surface area contributed by atoms with Crippen molar-refractivity contribution in [1.29, 1.82) is 0 Å². The maximum Gasteiger partial charge on any atom is 0.192 e. The van der Waals surface area contributed by atoms with E-state index in [1.54, 1.807) is 0 Å². The van der Waals surface area contributed by atoms with Crippen LogP contribution in [-0.2, 0) is 11.5 Å². The Bertz CT molecular complexity index is 763. The molecule has 5 nitrogen and oxygen atoms in total. The van der Waals surface area contributed by atoms with Crippen molar-refractivity contribution in [2.45, 2.75) is 57.8 Å². The van der Waals surface area contributed by atoms with Crippen LogP contribution < -0.4 is 10.6 Å². The van der Waals surface area contributed by atoms with Crippen molar-refractivity contribution < 1.29 is 4.43 Å². The van der Waals surface area contributed by atoms with Gasteiger partial charge in [0.1, 0.15) is 0 Å². The topological polar surface area (TPSA) is 56.3 Å². The lowest BCUT2D eigenvalue weighted by atomic mass is 10.1. The molecule has 6 heteroatoms. The molecule has 0 spiro atoms. The number of benzene rings is 1. The number of fused-ring (bicyclic) bond motifs is 1. The van der Waals surface area contributed by atoms with E-state index in [0.29, 0.717) is 6.10 Å². The second kappa shape index (κ2) is 6.32. The van der Waals surface area contributed by atoms with Crippen LogP contribution in [0.4, 0.5) is 11.4 Å². The van der Waals surface area contributed by atoms with E-state index in [4.69, 9.17) is 10.2 Å². The van der Waals surface area contributed by atoms with Crippen LogP contribution in [0.25, 0.3) is 10.9 Å². The molecule has 1 fully saturated rings. The van der Waals surface area contributed by atoms with Crippen LogP contribution in [0, 0.1) is 0 Å². The summed E-state index contributed by atoms with van der Waals surface area (Å²) in [6.45, 7) is 13.5. The Labute approximate surface area is 152 Å².